The third-order valence-electron chi connectivity index (χ3n) is 3.34. The lowest BCUT2D eigenvalue weighted by atomic mass is 10.1. The fraction of sp³-hybridized carbons (Fsp3) is 0.643. The maximum absolute atomic E-state index is 5.97. The van der Waals surface area contributed by atoms with Crippen LogP contribution in [0.2, 0.25) is 0 Å². The average Bonchev–Trinajstić information content (AvgIpc) is 2.38. The van der Waals surface area contributed by atoms with E-state index in [1.807, 2.05) is 19.2 Å². The first-order valence-corrected chi connectivity index (χ1v) is 6.61. The van der Waals surface area contributed by atoms with Gasteiger partial charge >= 0.3 is 0 Å². The molecule has 0 saturated carbocycles. The Hall–Kier alpha value is -1.29. The second-order valence-electron chi connectivity index (χ2n) is 4.56. The van der Waals surface area contributed by atoms with Gasteiger partial charge in [0, 0.05) is 37.6 Å². The topological polar surface area (TPSA) is 51.4 Å². The SMILES string of the molecule is CCC(CC)N(CCOC)c1cc(N)c(C)cn1. The maximum Gasteiger partial charge on any atom is 0.130 e. The van der Waals surface area contributed by atoms with E-state index >= 15 is 0 Å². The van der Waals surface area contributed by atoms with Gasteiger partial charge in [0.05, 0.1) is 6.61 Å². The highest BCUT2D eigenvalue weighted by Crippen LogP contribution is 2.21. The van der Waals surface area contributed by atoms with E-state index in [4.69, 9.17) is 10.5 Å². The van der Waals surface area contributed by atoms with Gasteiger partial charge in [0.25, 0.3) is 0 Å². The Morgan fingerprint density at radius 1 is 1.39 bits per heavy atom. The van der Waals surface area contributed by atoms with Crippen LogP contribution in [0.4, 0.5) is 11.5 Å². The third kappa shape index (κ3) is 3.60. The van der Waals surface area contributed by atoms with Crippen molar-refractivity contribution in [3.8, 4) is 0 Å². The molecule has 0 atom stereocenters. The molecule has 0 radical (unpaired) electrons. The van der Waals surface area contributed by atoms with E-state index < -0.39 is 0 Å². The zero-order chi connectivity index (χ0) is 13.5. The van der Waals surface area contributed by atoms with Gasteiger partial charge in [-0.3, -0.25) is 0 Å². The van der Waals surface area contributed by atoms with Gasteiger partial charge in [-0.2, -0.15) is 0 Å². The number of hydrogen-bond acceptors (Lipinski definition) is 4. The van der Waals surface area contributed by atoms with Crippen molar-refractivity contribution in [1.29, 1.82) is 0 Å². The smallest absolute Gasteiger partial charge is 0.130 e. The fourth-order valence-corrected chi connectivity index (χ4v) is 2.09. The Bertz CT molecular complexity index is 364. The van der Waals surface area contributed by atoms with Crippen LogP contribution in [0.3, 0.4) is 0 Å². The van der Waals surface area contributed by atoms with Crippen LogP contribution >= 0.6 is 0 Å². The predicted octanol–water partition coefficient (Wildman–Crippen LogP) is 2.61. The largest absolute Gasteiger partial charge is 0.398 e. The van der Waals surface area contributed by atoms with Crippen molar-refractivity contribution in [2.45, 2.75) is 39.7 Å². The summed E-state index contributed by atoms with van der Waals surface area (Å²) in [6.45, 7) is 7.92. The lowest BCUT2D eigenvalue weighted by molar-refractivity contribution is 0.202. The average molecular weight is 251 g/mol. The second kappa shape index (κ2) is 7.21. The number of nitrogens with two attached hydrogens (primary N) is 1. The number of aryl methyl sites for hydroxylation is 1. The lowest BCUT2D eigenvalue weighted by Crippen LogP contribution is -2.37. The summed E-state index contributed by atoms with van der Waals surface area (Å²) >= 11 is 0. The molecule has 4 nitrogen and oxygen atoms in total. The Balaban J connectivity index is 2.96. The van der Waals surface area contributed by atoms with Crippen molar-refractivity contribution in [2.75, 3.05) is 30.9 Å². The molecule has 1 aromatic heterocycles. The molecule has 1 heterocycles. The molecule has 102 valence electrons. The van der Waals surface area contributed by atoms with E-state index in [-0.39, 0.29) is 0 Å². The first kappa shape index (κ1) is 14.8. The molecular weight excluding hydrogens is 226 g/mol. The van der Waals surface area contributed by atoms with Crippen LogP contribution in [-0.2, 0) is 4.74 Å². The first-order valence-electron chi connectivity index (χ1n) is 6.61. The number of ether oxygens (including phenoxy) is 1. The Kier molecular flexibility index (Phi) is 5.92. The molecule has 0 saturated heterocycles. The molecule has 4 heteroatoms. The highest BCUT2D eigenvalue weighted by atomic mass is 16.5. The van der Waals surface area contributed by atoms with Gasteiger partial charge < -0.3 is 15.4 Å². The molecule has 18 heavy (non-hydrogen) atoms. The molecule has 2 N–H and O–H groups in total. The zero-order valence-corrected chi connectivity index (χ0v) is 11.9. The van der Waals surface area contributed by atoms with E-state index in [9.17, 15) is 0 Å². The van der Waals surface area contributed by atoms with E-state index in [1.54, 1.807) is 7.11 Å². The van der Waals surface area contributed by atoms with Crippen molar-refractivity contribution in [3.63, 3.8) is 0 Å². The minimum absolute atomic E-state index is 0.481. The summed E-state index contributed by atoms with van der Waals surface area (Å²) in [5.74, 6) is 0.948. The van der Waals surface area contributed by atoms with Gasteiger partial charge in [-0.15, -0.1) is 0 Å². The number of methoxy groups -OCH3 is 1. The fourth-order valence-electron chi connectivity index (χ4n) is 2.09. The molecule has 0 fully saturated rings. The summed E-state index contributed by atoms with van der Waals surface area (Å²) in [5, 5.41) is 0. The zero-order valence-electron chi connectivity index (χ0n) is 11.9. The monoisotopic (exact) mass is 251 g/mol. The minimum Gasteiger partial charge on any atom is -0.398 e. The summed E-state index contributed by atoms with van der Waals surface area (Å²) in [6, 6.07) is 2.44. The summed E-state index contributed by atoms with van der Waals surface area (Å²) < 4.78 is 5.19. The predicted molar refractivity (Wildman–Crippen MR) is 77.0 cm³/mol. The highest BCUT2D eigenvalue weighted by Gasteiger charge is 2.17. The van der Waals surface area contributed by atoms with Gasteiger partial charge in [0.1, 0.15) is 5.82 Å². The van der Waals surface area contributed by atoms with E-state index in [0.29, 0.717) is 12.6 Å². The standard InChI is InChI=1S/C14H25N3O/c1-5-12(6-2)17(7-8-18-4)14-9-13(15)11(3)10-16-14/h9-10,12H,5-8H2,1-4H3,(H2,15,16). The van der Waals surface area contributed by atoms with Gasteiger partial charge in [0.2, 0.25) is 0 Å². The molecule has 0 spiro atoms. The summed E-state index contributed by atoms with van der Waals surface area (Å²) in [4.78, 5) is 6.79. The van der Waals surface area contributed by atoms with Crippen LogP contribution in [0.15, 0.2) is 12.3 Å². The molecule has 0 aliphatic heterocycles. The van der Waals surface area contributed by atoms with Crippen LogP contribution in [-0.4, -0.2) is 31.3 Å². The number of nitrogen functional groups attached to an aromatic ring is 1. The van der Waals surface area contributed by atoms with Crippen molar-refractivity contribution in [3.05, 3.63) is 17.8 Å². The maximum atomic E-state index is 5.97. The Morgan fingerprint density at radius 2 is 2.06 bits per heavy atom. The van der Waals surface area contributed by atoms with Crippen molar-refractivity contribution < 1.29 is 4.74 Å². The van der Waals surface area contributed by atoms with E-state index in [2.05, 4.69) is 23.7 Å². The lowest BCUT2D eigenvalue weighted by Gasteiger charge is -2.31. The van der Waals surface area contributed by atoms with Gasteiger partial charge in [0.15, 0.2) is 0 Å². The van der Waals surface area contributed by atoms with Crippen LogP contribution in [0.1, 0.15) is 32.3 Å². The molecule has 0 aromatic carbocycles. The molecule has 0 amide bonds. The summed E-state index contributed by atoms with van der Waals surface area (Å²) in [6.07, 6.45) is 4.03. The number of pyridine rings is 1. The van der Waals surface area contributed by atoms with Crippen LogP contribution in [0, 0.1) is 6.92 Å². The summed E-state index contributed by atoms with van der Waals surface area (Å²) in [5.41, 5.74) is 7.79. The third-order valence-corrected chi connectivity index (χ3v) is 3.34. The quantitative estimate of drug-likeness (QED) is 0.809. The molecule has 1 rings (SSSR count). The number of aromatic nitrogens is 1. The number of nitrogens with zero attached hydrogens (tertiary/aromatic N) is 2. The van der Waals surface area contributed by atoms with Gasteiger partial charge in [-0.25, -0.2) is 4.98 Å². The van der Waals surface area contributed by atoms with Crippen molar-refractivity contribution >= 4 is 11.5 Å². The summed E-state index contributed by atoms with van der Waals surface area (Å²) in [7, 11) is 1.72. The number of hydrogen-bond donors (Lipinski definition) is 1. The highest BCUT2D eigenvalue weighted by molar-refractivity contribution is 5.55. The van der Waals surface area contributed by atoms with Crippen molar-refractivity contribution in [1.82, 2.24) is 4.98 Å². The molecular formula is C14H25N3O. The van der Waals surface area contributed by atoms with Crippen LogP contribution in [0.5, 0.6) is 0 Å². The Morgan fingerprint density at radius 3 is 2.56 bits per heavy atom. The van der Waals surface area contributed by atoms with Crippen LogP contribution < -0.4 is 10.6 Å². The molecule has 1 aromatic rings. The molecule has 0 bridgehead atoms. The second-order valence-corrected chi connectivity index (χ2v) is 4.56. The Labute approximate surface area is 110 Å². The number of anilines is 2. The first-order chi connectivity index (χ1) is 8.63. The molecule has 0 unspecified atom stereocenters. The van der Waals surface area contributed by atoms with E-state index in [1.165, 1.54) is 0 Å². The molecule has 0 aliphatic rings. The van der Waals surface area contributed by atoms with E-state index in [0.717, 1.165) is 36.5 Å². The molecule has 0 aliphatic carbocycles. The van der Waals surface area contributed by atoms with Gasteiger partial charge in [-0.05, 0) is 25.3 Å². The van der Waals surface area contributed by atoms with Gasteiger partial charge in [-0.1, -0.05) is 13.8 Å². The van der Waals surface area contributed by atoms with Crippen molar-refractivity contribution in [2.24, 2.45) is 0 Å². The minimum atomic E-state index is 0.481. The van der Waals surface area contributed by atoms with Crippen LogP contribution in [0.25, 0.3) is 0 Å². The normalized spacial score (nSPS) is 10.9. The number of rotatable bonds is 7.